The normalized spacial score (nSPS) is 11.5. The van der Waals surface area contributed by atoms with Crippen LogP contribution in [0, 0.1) is 13.8 Å². The van der Waals surface area contributed by atoms with E-state index in [1.54, 1.807) is 32.0 Å². The van der Waals surface area contributed by atoms with Crippen LogP contribution in [0.15, 0.2) is 36.4 Å². The molecule has 0 unspecified atom stereocenters. The van der Waals surface area contributed by atoms with Crippen LogP contribution in [0.2, 0.25) is 0 Å². The Morgan fingerprint density at radius 3 is 2.38 bits per heavy atom. The fourth-order valence-corrected chi connectivity index (χ4v) is 2.13. The number of hydrogen-bond acceptors (Lipinski definition) is 2. The van der Waals surface area contributed by atoms with Crippen molar-refractivity contribution >= 4 is 5.69 Å². The Balaban J connectivity index is 2.23. The lowest BCUT2D eigenvalue weighted by molar-refractivity contribution is -0.138. The van der Waals surface area contributed by atoms with Crippen LogP contribution in [0.5, 0.6) is 5.75 Å². The van der Waals surface area contributed by atoms with Crippen LogP contribution in [0.4, 0.5) is 18.9 Å². The molecule has 0 aliphatic rings. The summed E-state index contributed by atoms with van der Waals surface area (Å²) in [6.45, 7) is 3.60. The summed E-state index contributed by atoms with van der Waals surface area (Å²) in [7, 11) is 0. The largest absolute Gasteiger partial charge is 0.508 e. The molecule has 2 aromatic rings. The predicted octanol–water partition coefficient (Wildman–Crippen LogP) is 4.64. The molecule has 0 bridgehead atoms. The van der Waals surface area contributed by atoms with Crippen molar-refractivity contribution < 1.29 is 18.3 Å². The number of aryl methyl sites for hydroxylation is 2. The number of halogens is 3. The summed E-state index contributed by atoms with van der Waals surface area (Å²) in [6, 6.07) is 8.81. The van der Waals surface area contributed by atoms with Gasteiger partial charge in [-0.3, -0.25) is 0 Å². The number of hydrogen-bond donors (Lipinski definition) is 2. The van der Waals surface area contributed by atoms with Gasteiger partial charge >= 0.3 is 6.18 Å². The first-order valence-corrected chi connectivity index (χ1v) is 6.48. The van der Waals surface area contributed by atoms with E-state index >= 15 is 0 Å². The molecule has 0 fully saturated rings. The first-order valence-electron chi connectivity index (χ1n) is 6.48. The van der Waals surface area contributed by atoms with E-state index in [2.05, 4.69) is 5.32 Å². The van der Waals surface area contributed by atoms with Crippen LogP contribution in [0.1, 0.15) is 22.3 Å². The number of phenols is 1. The minimum Gasteiger partial charge on any atom is -0.508 e. The van der Waals surface area contributed by atoms with Gasteiger partial charge in [0, 0.05) is 12.2 Å². The number of aromatic hydroxyl groups is 1. The molecule has 0 aliphatic carbocycles. The van der Waals surface area contributed by atoms with E-state index in [0.717, 1.165) is 11.6 Å². The monoisotopic (exact) mass is 295 g/mol. The molecule has 0 saturated carbocycles. The van der Waals surface area contributed by atoms with E-state index in [0.29, 0.717) is 11.3 Å². The van der Waals surface area contributed by atoms with Gasteiger partial charge in [0.25, 0.3) is 0 Å². The number of anilines is 1. The summed E-state index contributed by atoms with van der Waals surface area (Å²) >= 11 is 0. The maximum atomic E-state index is 12.9. The van der Waals surface area contributed by atoms with Gasteiger partial charge in [0.05, 0.1) is 5.56 Å². The Hall–Kier alpha value is -2.17. The predicted molar refractivity (Wildman–Crippen MR) is 76.4 cm³/mol. The van der Waals surface area contributed by atoms with Crippen molar-refractivity contribution in [2.75, 3.05) is 5.32 Å². The lowest BCUT2D eigenvalue weighted by atomic mass is 10.1. The molecule has 112 valence electrons. The van der Waals surface area contributed by atoms with Gasteiger partial charge in [0.2, 0.25) is 0 Å². The number of nitrogens with one attached hydrogen (secondary N) is 1. The quantitative estimate of drug-likeness (QED) is 0.808. The molecule has 0 saturated heterocycles. The van der Waals surface area contributed by atoms with E-state index in [4.69, 9.17) is 0 Å². The Bertz CT molecular complexity index is 650. The highest BCUT2D eigenvalue weighted by Crippen LogP contribution is 2.32. The summed E-state index contributed by atoms with van der Waals surface area (Å²) in [5.74, 6) is 0.175. The zero-order valence-electron chi connectivity index (χ0n) is 11.8. The molecule has 0 spiro atoms. The van der Waals surface area contributed by atoms with Gasteiger partial charge < -0.3 is 10.4 Å². The third-order valence-corrected chi connectivity index (χ3v) is 3.33. The van der Waals surface area contributed by atoms with Gasteiger partial charge in [-0.1, -0.05) is 18.2 Å². The Labute approximate surface area is 121 Å². The van der Waals surface area contributed by atoms with Crippen molar-refractivity contribution in [3.8, 4) is 5.75 Å². The first kappa shape index (κ1) is 15.2. The van der Waals surface area contributed by atoms with Crippen LogP contribution in [-0.4, -0.2) is 5.11 Å². The van der Waals surface area contributed by atoms with Gasteiger partial charge in [0.1, 0.15) is 5.75 Å². The molecule has 0 aliphatic heterocycles. The fraction of sp³-hybridized carbons (Fsp3) is 0.250. The molecule has 2 N–H and O–H groups in total. The summed E-state index contributed by atoms with van der Waals surface area (Å²) in [5, 5.41) is 12.6. The van der Waals surface area contributed by atoms with Crippen LogP contribution in [0.3, 0.4) is 0 Å². The van der Waals surface area contributed by atoms with Gasteiger partial charge in [-0.25, -0.2) is 0 Å². The van der Waals surface area contributed by atoms with Crippen LogP contribution in [0.25, 0.3) is 0 Å². The molecular weight excluding hydrogens is 279 g/mol. The van der Waals surface area contributed by atoms with Gasteiger partial charge in [-0.15, -0.1) is 0 Å². The van der Waals surface area contributed by atoms with E-state index < -0.39 is 11.7 Å². The molecule has 2 aromatic carbocycles. The lowest BCUT2D eigenvalue weighted by Gasteiger charge is -2.15. The van der Waals surface area contributed by atoms with Crippen molar-refractivity contribution in [1.29, 1.82) is 0 Å². The second-order valence-corrected chi connectivity index (χ2v) is 4.96. The van der Waals surface area contributed by atoms with Crippen LogP contribution in [-0.2, 0) is 12.7 Å². The van der Waals surface area contributed by atoms with Crippen LogP contribution < -0.4 is 5.32 Å². The smallest absolute Gasteiger partial charge is 0.416 e. The highest BCUT2D eigenvalue weighted by Gasteiger charge is 2.32. The number of phenolic OH excluding ortho intramolecular Hbond substituents is 1. The summed E-state index contributed by atoms with van der Waals surface area (Å²) in [5.41, 5.74) is 1.72. The lowest BCUT2D eigenvalue weighted by Crippen LogP contribution is -2.12. The maximum absolute atomic E-state index is 12.9. The van der Waals surface area contributed by atoms with Gasteiger partial charge in [-0.05, 0) is 48.7 Å². The minimum atomic E-state index is -4.36. The molecule has 0 atom stereocenters. The highest BCUT2D eigenvalue weighted by molar-refractivity contribution is 5.57. The van der Waals surface area contributed by atoms with Gasteiger partial charge in [0.15, 0.2) is 0 Å². The molecule has 0 radical (unpaired) electrons. The third-order valence-electron chi connectivity index (χ3n) is 3.33. The first-order chi connectivity index (χ1) is 9.79. The van der Waals surface area contributed by atoms with E-state index in [9.17, 15) is 18.3 Å². The SMILES string of the molecule is Cc1cc(NCc2ccccc2C(F)(F)F)c(C)cc1O. The number of alkyl halides is 3. The Morgan fingerprint density at radius 1 is 1.05 bits per heavy atom. The van der Waals surface area contributed by atoms with E-state index in [1.807, 2.05) is 0 Å². The standard InChI is InChI=1S/C16H16F3NO/c1-10-8-15(21)11(2)7-14(10)20-9-12-5-3-4-6-13(12)16(17,18)19/h3-8,20-21H,9H2,1-2H3. The molecule has 21 heavy (non-hydrogen) atoms. The van der Waals surface area contributed by atoms with E-state index in [1.165, 1.54) is 12.1 Å². The highest BCUT2D eigenvalue weighted by atomic mass is 19.4. The van der Waals surface area contributed by atoms with Crippen molar-refractivity contribution in [3.05, 3.63) is 58.7 Å². The molecule has 0 heterocycles. The molecule has 2 rings (SSSR count). The topological polar surface area (TPSA) is 32.3 Å². The maximum Gasteiger partial charge on any atom is 0.416 e. The Morgan fingerprint density at radius 2 is 1.71 bits per heavy atom. The second-order valence-electron chi connectivity index (χ2n) is 4.96. The zero-order chi connectivity index (χ0) is 15.6. The van der Waals surface area contributed by atoms with E-state index in [-0.39, 0.29) is 17.9 Å². The minimum absolute atomic E-state index is 0.0702. The third kappa shape index (κ3) is 3.48. The van der Waals surface area contributed by atoms with Crippen LogP contribution >= 0.6 is 0 Å². The molecule has 0 aromatic heterocycles. The Kier molecular flexibility index (Phi) is 4.11. The fourth-order valence-electron chi connectivity index (χ4n) is 2.13. The van der Waals surface area contributed by atoms with Gasteiger partial charge in [-0.2, -0.15) is 13.2 Å². The summed E-state index contributed by atoms with van der Waals surface area (Å²) < 4.78 is 38.7. The summed E-state index contributed by atoms with van der Waals surface area (Å²) in [4.78, 5) is 0. The van der Waals surface area contributed by atoms with Crippen molar-refractivity contribution in [1.82, 2.24) is 0 Å². The summed E-state index contributed by atoms with van der Waals surface area (Å²) in [6.07, 6.45) is -4.36. The molecule has 5 heteroatoms. The second kappa shape index (κ2) is 5.68. The number of rotatable bonds is 3. The zero-order valence-corrected chi connectivity index (χ0v) is 11.8. The average Bonchev–Trinajstić information content (AvgIpc) is 2.41. The molecule has 0 amide bonds. The van der Waals surface area contributed by atoms with Crippen molar-refractivity contribution in [3.63, 3.8) is 0 Å². The van der Waals surface area contributed by atoms with Crippen molar-refractivity contribution in [2.24, 2.45) is 0 Å². The molecular formula is C16H16F3NO. The number of benzene rings is 2. The van der Waals surface area contributed by atoms with Crippen molar-refractivity contribution in [2.45, 2.75) is 26.6 Å². The molecule has 2 nitrogen and oxygen atoms in total. The average molecular weight is 295 g/mol.